The molecule has 0 aromatic heterocycles. The maximum absolute atomic E-state index is 10.5. The minimum absolute atomic E-state index is 0.0839. The standard InChI is InChI=1S/C19H26N4O3/c1-23-8-7-18-14-10-3-4-12(24)15(14)26-16(18)11(22-17(20)21)5-6-19(18,25-2)13(23)9-10/h3-4,11,13,16,24H,5-9H2,1-2H3,(H4,20,21,22)/t11-,13?,16+,18+,19-/m1/s1. The number of methoxy groups -OCH3 is 1. The van der Waals surface area contributed by atoms with Crippen LogP contribution in [0, 0.1) is 0 Å². The number of guanidine groups is 1. The number of ether oxygens (including phenoxy) is 2. The van der Waals surface area contributed by atoms with Crippen molar-refractivity contribution in [3.63, 3.8) is 0 Å². The smallest absolute Gasteiger partial charge is 0.186 e. The summed E-state index contributed by atoms with van der Waals surface area (Å²) in [5.41, 5.74) is 13.1. The van der Waals surface area contributed by atoms with Gasteiger partial charge in [0, 0.05) is 18.7 Å². The van der Waals surface area contributed by atoms with Crippen LogP contribution >= 0.6 is 0 Å². The van der Waals surface area contributed by atoms with Crippen LogP contribution in [0.25, 0.3) is 0 Å². The summed E-state index contributed by atoms with van der Waals surface area (Å²) in [6, 6.07) is 3.92. The number of likely N-dealkylation sites (N-methyl/N-ethyl adjacent to an activating group) is 1. The Hall–Kier alpha value is -1.99. The summed E-state index contributed by atoms with van der Waals surface area (Å²) in [4.78, 5) is 6.92. The summed E-state index contributed by atoms with van der Waals surface area (Å²) in [6.45, 7) is 0.957. The first-order valence-corrected chi connectivity index (χ1v) is 9.31. The lowest BCUT2D eigenvalue weighted by Crippen LogP contribution is -2.77. The van der Waals surface area contributed by atoms with Gasteiger partial charge in [0.15, 0.2) is 17.5 Å². The molecule has 0 amide bonds. The number of nitrogens with zero attached hydrogens (tertiary/aromatic N) is 2. The second kappa shape index (κ2) is 5.04. The fraction of sp³-hybridized carbons (Fsp3) is 0.632. The van der Waals surface area contributed by atoms with Gasteiger partial charge in [-0.05, 0) is 50.9 Å². The van der Waals surface area contributed by atoms with Crippen LogP contribution < -0.4 is 16.2 Å². The molecule has 5 N–H and O–H groups in total. The van der Waals surface area contributed by atoms with Crippen molar-refractivity contribution in [2.24, 2.45) is 16.5 Å². The molecule has 1 saturated carbocycles. The van der Waals surface area contributed by atoms with Gasteiger partial charge in [0.05, 0.1) is 17.1 Å². The summed E-state index contributed by atoms with van der Waals surface area (Å²) < 4.78 is 12.8. The van der Waals surface area contributed by atoms with E-state index in [-0.39, 0.29) is 40.9 Å². The first-order valence-electron chi connectivity index (χ1n) is 9.31. The normalized spacial score (nSPS) is 39.8. The molecule has 1 aromatic rings. The Labute approximate surface area is 153 Å². The highest BCUT2D eigenvalue weighted by atomic mass is 16.5. The lowest BCUT2D eigenvalue weighted by Gasteiger charge is -2.64. The third-order valence-electron chi connectivity index (χ3n) is 7.34. The molecule has 2 fully saturated rings. The van der Waals surface area contributed by atoms with E-state index in [2.05, 4.69) is 16.9 Å². The number of likely N-dealkylation sites (tertiary alicyclic amines) is 1. The Kier molecular flexibility index (Phi) is 3.14. The summed E-state index contributed by atoms with van der Waals surface area (Å²) in [7, 11) is 4.00. The van der Waals surface area contributed by atoms with E-state index in [1.807, 2.05) is 13.2 Å². The van der Waals surface area contributed by atoms with Gasteiger partial charge in [-0.2, -0.15) is 0 Å². The first-order chi connectivity index (χ1) is 12.4. The van der Waals surface area contributed by atoms with Crippen LogP contribution in [0.3, 0.4) is 0 Å². The van der Waals surface area contributed by atoms with Gasteiger partial charge in [-0.1, -0.05) is 6.07 Å². The Morgan fingerprint density at radius 2 is 2.19 bits per heavy atom. The van der Waals surface area contributed by atoms with Gasteiger partial charge in [-0.3, -0.25) is 0 Å². The van der Waals surface area contributed by atoms with E-state index in [9.17, 15) is 5.11 Å². The molecule has 1 unspecified atom stereocenters. The van der Waals surface area contributed by atoms with E-state index in [4.69, 9.17) is 20.9 Å². The molecule has 2 bridgehead atoms. The number of hydrogen-bond acceptors (Lipinski definition) is 5. The average molecular weight is 358 g/mol. The monoisotopic (exact) mass is 358 g/mol. The van der Waals surface area contributed by atoms with E-state index < -0.39 is 0 Å². The van der Waals surface area contributed by atoms with Gasteiger partial charge >= 0.3 is 0 Å². The number of aromatic hydroxyl groups is 1. The fourth-order valence-corrected chi connectivity index (χ4v) is 6.44. The molecule has 1 spiro atoms. The molecular weight excluding hydrogens is 332 g/mol. The number of aliphatic imine (C=N–C) groups is 1. The van der Waals surface area contributed by atoms with Crippen LogP contribution in [0.4, 0.5) is 0 Å². The van der Waals surface area contributed by atoms with E-state index in [1.54, 1.807) is 6.07 Å². The topological polar surface area (TPSA) is 106 Å². The number of nitrogens with two attached hydrogens (primary N) is 2. The molecule has 1 saturated heterocycles. The lowest BCUT2D eigenvalue weighted by atomic mass is 9.48. The molecule has 140 valence electrons. The predicted octanol–water partition coefficient (Wildman–Crippen LogP) is 0.472. The zero-order valence-electron chi connectivity index (χ0n) is 15.2. The Morgan fingerprint density at radius 1 is 1.38 bits per heavy atom. The van der Waals surface area contributed by atoms with Crippen molar-refractivity contribution in [2.75, 3.05) is 20.7 Å². The summed E-state index contributed by atoms with van der Waals surface area (Å²) in [5, 5.41) is 10.5. The Bertz CT molecular complexity index is 808. The zero-order chi connectivity index (χ0) is 18.3. The number of phenolic OH excluding ortho intramolecular Hbond substituents is 1. The highest BCUT2D eigenvalue weighted by Crippen LogP contribution is 2.66. The van der Waals surface area contributed by atoms with Gasteiger partial charge in [0.25, 0.3) is 0 Å². The maximum Gasteiger partial charge on any atom is 0.186 e. The number of piperidine rings is 1. The molecule has 4 aliphatic rings. The van der Waals surface area contributed by atoms with E-state index >= 15 is 0 Å². The quantitative estimate of drug-likeness (QED) is 0.524. The molecule has 0 radical (unpaired) electrons. The summed E-state index contributed by atoms with van der Waals surface area (Å²) >= 11 is 0. The lowest BCUT2D eigenvalue weighted by molar-refractivity contribution is -0.201. The molecular formula is C19H26N4O3. The van der Waals surface area contributed by atoms with Crippen LogP contribution in [0.1, 0.15) is 30.4 Å². The molecule has 1 aromatic carbocycles. The summed E-state index contributed by atoms with van der Waals surface area (Å²) in [6.07, 6.45) is 3.24. The number of rotatable bonds is 2. The van der Waals surface area contributed by atoms with Crippen molar-refractivity contribution in [2.45, 2.75) is 54.9 Å². The average Bonchev–Trinajstić information content (AvgIpc) is 2.97. The second-order valence-corrected chi connectivity index (χ2v) is 8.16. The highest BCUT2D eigenvalue weighted by Gasteiger charge is 2.73. The SMILES string of the molecule is CO[C@@]12CC[C@@H](N=C(N)N)[C@@H]3Oc4c(O)ccc5c4[C@@]31CCN(C)C2C5. The predicted molar refractivity (Wildman–Crippen MR) is 97.5 cm³/mol. The maximum atomic E-state index is 10.5. The molecule has 26 heavy (non-hydrogen) atoms. The molecule has 5 rings (SSSR count). The third kappa shape index (κ3) is 1.64. The van der Waals surface area contributed by atoms with E-state index in [0.29, 0.717) is 5.75 Å². The van der Waals surface area contributed by atoms with Crippen LogP contribution in [-0.4, -0.2) is 60.5 Å². The molecule has 2 aliphatic carbocycles. The van der Waals surface area contributed by atoms with Crippen molar-refractivity contribution >= 4 is 5.96 Å². The molecule has 7 heteroatoms. The zero-order valence-corrected chi connectivity index (χ0v) is 15.2. The molecule has 5 atom stereocenters. The van der Waals surface area contributed by atoms with Crippen molar-refractivity contribution < 1.29 is 14.6 Å². The van der Waals surface area contributed by atoms with E-state index in [0.717, 1.165) is 37.8 Å². The largest absolute Gasteiger partial charge is 0.504 e. The number of hydrogen-bond donors (Lipinski definition) is 3. The van der Waals surface area contributed by atoms with Crippen molar-refractivity contribution in [1.29, 1.82) is 0 Å². The first kappa shape index (κ1) is 16.2. The summed E-state index contributed by atoms with van der Waals surface area (Å²) in [5.74, 6) is 0.883. The minimum atomic E-state index is -0.355. The molecule has 2 heterocycles. The van der Waals surface area contributed by atoms with Gasteiger partial charge in [-0.25, -0.2) is 4.99 Å². The van der Waals surface area contributed by atoms with Crippen molar-refractivity contribution in [3.8, 4) is 11.5 Å². The van der Waals surface area contributed by atoms with E-state index in [1.165, 1.54) is 5.56 Å². The number of benzene rings is 1. The van der Waals surface area contributed by atoms with Crippen LogP contribution in [0.5, 0.6) is 11.5 Å². The van der Waals surface area contributed by atoms with Crippen LogP contribution in [0.2, 0.25) is 0 Å². The van der Waals surface area contributed by atoms with Crippen LogP contribution in [0.15, 0.2) is 17.1 Å². The van der Waals surface area contributed by atoms with Crippen molar-refractivity contribution in [1.82, 2.24) is 4.90 Å². The Morgan fingerprint density at radius 3 is 2.92 bits per heavy atom. The second-order valence-electron chi connectivity index (χ2n) is 8.16. The van der Waals surface area contributed by atoms with Gasteiger partial charge in [-0.15, -0.1) is 0 Å². The Balaban J connectivity index is 1.80. The van der Waals surface area contributed by atoms with Crippen molar-refractivity contribution in [3.05, 3.63) is 23.3 Å². The minimum Gasteiger partial charge on any atom is -0.504 e. The number of phenols is 1. The van der Waals surface area contributed by atoms with Gasteiger partial charge in [0.2, 0.25) is 0 Å². The molecule has 2 aliphatic heterocycles. The van der Waals surface area contributed by atoms with Gasteiger partial charge in [0.1, 0.15) is 6.10 Å². The molecule has 7 nitrogen and oxygen atoms in total. The fourth-order valence-electron chi connectivity index (χ4n) is 6.44. The van der Waals surface area contributed by atoms with Crippen LogP contribution in [-0.2, 0) is 16.6 Å². The third-order valence-corrected chi connectivity index (χ3v) is 7.34. The van der Waals surface area contributed by atoms with Gasteiger partial charge < -0.3 is 30.9 Å². The highest BCUT2D eigenvalue weighted by molar-refractivity contribution is 5.76.